The predicted molar refractivity (Wildman–Crippen MR) is 106 cm³/mol. The first-order valence-corrected chi connectivity index (χ1v) is 9.05. The van der Waals surface area contributed by atoms with E-state index >= 15 is 0 Å². The summed E-state index contributed by atoms with van der Waals surface area (Å²) in [5.74, 6) is 1.55. The van der Waals surface area contributed by atoms with E-state index in [2.05, 4.69) is 20.8 Å². The van der Waals surface area contributed by atoms with Crippen molar-refractivity contribution in [1.29, 1.82) is 0 Å². The molecule has 2 heterocycles. The number of carbonyl (C=O) groups is 1. The molecule has 0 aliphatic carbocycles. The van der Waals surface area contributed by atoms with E-state index in [1.807, 2.05) is 37.3 Å². The largest absolute Gasteiger partial charge is 0.486 e. The van der Waals surface area contributed by atoms with Crippen molar-refractivity contribution >= 4 is 17.4 Å². The molecular formula is C21H20N4O3. The van der Waals surface area contributed by atoms with Crippen LogP contribution >= 0.6 is 0 Å². The van der Waals surface area contributed by atoms with Crippen molar-refractivity contribution in [1.82, 2.24) is 10.2 Å². The van der Waals surface area contributed by atoms with Gasteiger partial charge in [-0.25, -0.2) is 0 Å². The Hall–Kier alpha value is -3.61. The van der Waals surface area contributed by atoms with E-state index < -0.39 is 0 Å². The monoisotopic (exact) mass is 376 g/mol. The van der Waals surface area contributed by atoms with Crippen LogP contribution in [0.4, 0.5) is 11.5 Å². The van der Waals surface area contributed by atoms with Crippen LogP contribution in [-0.2, 0) is 0 Å². The van der Waals surface area contributed by atoms with E-state index in [0.29, 0.717) is 36.2 Å². The van der Waals surface area contributed by atoms with Gasteiger partial charge < -0.3 is 20.1 Å². The van der Waals surface area contributed by atoms with E-state index in [-0.39, 0.29) is 17.6 Å². The van der Waals surface area contributed by atoms with Crippen LogP contribution in [0.2, 0.25) is 0 Å². The summed E-state index contributed by atoms with van der Waals surface area (Å²) in [4.78, 5) is 12.4. The molecule has 0 radical (unpaired) electrons. The average Bonchev–Trinajstić information content (AvgIpc) is 2.75. The molecule has 1 aromatic heterocycles. The van der Waals surface area contributed by atoms with Crippen LogP contribution in [0.3, 0.4) is 0 Å². The number of nitrogens with one attached hydrogen (secondary N) is 2. The Morgan fingerprint density at radius 1 is 0.964 bits per heavy atom. The number of hydrogen-bond acceptors (Lipinski definition) is 6. The van der Waals surface area contributed by atoms with Crippen LogP contribution in [0.25, 0.3) is 0 Å². The van der Waals surface area contributed by atoms with Gasteiger partial charge in [0.25, 0.3) is 5.91 Å². The van der Waals surface area contributed by atoms with E-state index in [1.165, 1.54) is 0 Å². The predicted octanol–water partition coefficient (Wildman–Crippen LogP) is 3.67. The molecular weight excluding hydrogens is 356 g/mol. The Labute approximate surface area is 162 Å². The van der Waals surface area contributed by atoms with Crippen LogP contribution < -0.4 is 20.1 Å². The van der Waals surface area contributed by atoms with Crippen molar-refractivity contribution in [3.8, 4) is 11.5 Å². The lowest BCUT2D eigenvalue weighted by Gasteiger charge is -2.19. The number of aromatic nitrogens is 2. The molecule has 1 unspecified atom stereocenters. The third-order valence-corrected chi connectivity index (χ3v) is 4.36. The zero-order valence-electron chi connectivity index (χ0n) is 15.4. The van der Waals surface area contributed by atoms with E-state index in [9.17, 15) is 4.79 Å². The van der Waals surface area contributed by atoms with Gasteiger partial charge in [-0.2, -0.15) is 0 Å². The Balaban J connectivity index is 1.40. The third kappa shape index (κ3) is 4.03. The second-order valence-corrected chi connectivity index (χ2v) is 6.39. The summed E-state index contributed by atoms with van der Waals surface area (Å²) in [7, 11) is 0. The number of anilines is 2. The fourth-order valence-corrected chi connectivity index (χ4v) is 2.89. The quantitative estimate of drug-likeness (QED) is 0.707. The lowest BCUT2D eigenvalue weighted by Crippen LogP contribution is -2.17. The number of ether oxygens (including phenoxy) is 2. The smallest absolute Gasteiger partial charge is 0.276 e. The molecule has 4 rings (SSSR count). The molecule has 28 heavy (non-hydrogen) atoms. The molecule has 1 aliphatic heterocycles. The number of fused-ring (bicyclic) bond motifs is 1. The van der Waals surface area contributed by atoms with Crippen molar-refractivity contribution in [3.63, 3.8) is 0 Å². The van der Waals surface area contributed by atoms with Crippen LogP contribution in [0.1, 0.15) is 29.0 Å². The fraction of sp³-hybridized carbons (Fsp3) is 0.190. The first-order chi connectivity index (χ1) is 13.7. The Morgan fingerprint density at radius 2 is 1.75 bits per heavy atom. The van der Waals surface area contributed by atoms with Crippen molar-refractivity contribution in [3.05, 3.63) is 71.9 Å². The summed E-state index contributed by atoms with van der Waals surface area (Å²) in [6, 6.07) is 18.8. The van der Waals surface area contributed by atoms with Gasteiger partial charge in [-0.15, -0.1) is 10.2 Å². The van der Waals surface area contributed by atoms with Gasteiger partial charge in [-0.05, 0) is 36.8 Å². The van der Waals surface area contributed by atoms with Gasteiger partial charge in [0.1, 0.15) is 19.0 Å². The van der Waals surface area contributed by atoms with Gasteiger partial charge in [0.05, 0.1) is 0 Å². The highest BCUT2D eigenvalue weighted by molar-refractivity contribution is 6.03. The minimum absolute atomic E-state index is 0.0768. The van der Waals surface area contributed by atoms with Crippen LogP contribution in [0, 0.1) is 0 Å². The summed E-state index contributed by atoms with van der Waals surface area (Å²) in [6.45, 7) is 3.06. The van der Waals surface area contributed by atoms with Gasteiger partial charge in [0.2, 0.25) is 0 Å². The highest BCUT2D eigenvalue weighted by atomic mass is 16.6. The molecule has 3 aromatic rings. The highest BCUT2D eigenvalue weighted by Crippen LogP contribution is 2.32. The first kappa shape index (κ1) is 17.8. The molecule has 7 heteroatoms. The standard InChI is InChI=1S/C21H20N4O3/c1-14(15-5-3-2-4-6-15)22-20-10-8-17(24-25-20)21(26)23-16-7-9-18-19(13-16)28-12-11-27-18/h2-10,13-14H,11-12H2,1H3,(H,22,25)(H,23,26). The molecule has 142 valence electrons. The maximum absolute atomic E-state index is 12.4. The first-order valence-electron chi connectivity index (χ1n) is 9.05. The lowest BCUT2D eigenvalue weighted by atomic mass is 10.1. The molecule has 1 amide bonds. The molecule has 1 atom stereocenters. The number of hydrogen-bond donors (Lipinski definition) is 2. The van der Waals surface area contributed by atoms with Gasteiger partial charge in [-0.1, -0.05) is 30.3 Å². The minimum Gasteiger partial charge on any atom is -0.486 e. The molecule has 0 saturated carbocycles. The molecule has 2 N–H and O–H groups in total. The maximum atomic E-state index is 12.4. The SMILES string of the molecule is CC(Nc1ccc(C(=O)Nc2ccc3c(c2)OCCO3)nn1)c1ccccc1. The number of rotatable bonds is 5. The Morgan fingerprint density at radius 3 is 2.50 bits per heavy atom. The van der Waals surface area contributed by atoms with E-state index in [4.69, 9.17) is 9.47 Å². The van der Waals surface area contributed by atoms with Gasteiger partial charge >= 0.3 is 0 Å². The zero-order valence-corrected chi connectivity index (χ0v) is 15.4. The zero-order chi connectivity index (χ0) is 19.3. The Kier molecular flexibility index (Phi) is 5.05. The lowest BCUT2D eigenvalue weighted by molar-refractivity contribution is 0.102. The fourth-order valence-electron chi connectivity index (χ4n) is 2.89. The van der Waals surface area contributed by atoms with Crippen molar-refractivity contribution in [2.24, 2.45) is 0 Å². The molecule has 2 aromatic carbocycles. The molecule has 0 fully saturated rings. The summed E-state index contributed by atoms with van der Waals surface area (Å²) >= 11 is 0. The number of carbonyl (C=O) groups excluding carboxylic acids is 1. The number of amides is 1. The van der Waals surface area contributed by atoms with Crippen molar-refractivity contribution in [2.45, 2.75) is 13.0 Å². The summed E-state index contributed by atoms with van der Waals surface area (Å²) < 4.78 is 11.0. The van der Waals surface area contributed by atoms with Crippen molar-refractivity contribution < 1.29 is 14.3 Å². The molecule has 0 bridgehead atoms. The second-order valence-electron chi connectivity index (χ2n) is 6.39. The van der Waals surface area contributed by atoms with Gasteiger partial charge in [-0.3, -0.25) is 4.79 Å². The molecule has 7 nitrogen and oxygen atoms in total. The second kappa shape index (κ2) is 7.96. The summed E-state index contributed by atoms with van der Waals surface area (Å²) in [6.07, 6.45) is 0. The topological polar surface area (TPSA) is 85.4 Å². The van der Waals surface area contributed by atoms with Gasteiger partial charge in [0, 0.05) is 17.8 Å². The van der Waals surface area contributed by atoms with Crippen LogP contribution in [0.5, 0.6) is 11.5 Å². The molecule has 0 spiro atoms. The normalized spacial score (nSPS) is 13.5. The molecule has 0 saturated heterocycles. The van der Waals surface area contributed by atoms with Crippen LogP contribution in [-0.4, -0.2) is 29.3 Å². The van der Waals surface area contributed by atoms with Crippen molar-refractivity contribution in [2.75, 3.05) is 23.8 Å². The number of benzene rings is 2. The van der Waals surface area contributed by atoms with E-state index in [0.717, 1.165) is 5.56 Å². The molecule has 1 aliphatic rings. The van der Waals surface area contributed by atoms with Crippen LogP contribution in [0.15, 0.2) is 60.7 Å². The summed E-state index contributed by atoms with van der Waals surface area (Å²) in [5.41, 5.74) is 1.98. The minimum atomic E-state index is -0.341. The summed E-state index contributed by atoms with van der Waals surface area (Å²) in [5, 5.41) is 14.2. The maximum Gasteiger partial charge on any atom is 0.276 e. The average molecular weight is 376 g/mol. The number of nitrogens with zero attached hydrogens (tertiary/aromatic N) is 2. The van der Waals surface area contributed by atoms with Gasteiger partial charge in [0.15, 0.2) is 17.2 Å². The van der Waals surface area contributed by atoms with E-state index in [1.54, 1.807) is 30.3 Å². The Bertz CT molecular complexity index is 961. The third-order valence-electron chi connectivity index (χ3n) is 4.36. The highest BCUT2D eigenvalue weighted by Gasteiger charge is 2.14.